The van der Waals surface area contributed by atoms with Gasteiger partial charge in [-0.15, -0.1) is 0 Å². The number of non-ortho nitro benzene ring substituents is 1. The topological polar surface area (TPSA) is 99.8 Å². The lowest BCUT2D eigenvalue weighted by atomic mass is 9.97. The number of nitro benzene ring substituents is 1. The minimum atomic E-state index is -4.75. The van der Waals surface area contributed by atoms with Crippen molar-refractivity contribution in [2.45, 2.75) is 6.18 Å². The first kappa shape index (κ1) is 19.8. The molecule has 0 unspecified atom stereocenters. The van der Waals surface area contributed by atoms with E-state index in [0.29, 0.717) is 18.2 Å². The number of aromatic nitrogens is 1. The molecular formula is C19H9F4N3O3. The summed E-state index contributed by atoms with van der Waals surface area (Å²) in [7, 11) is 0. The van der Waals surface area contributed by atoms with Gasteiger partial charge in [0, 0.05) is 29.0 Å². The normalized spacial score (nSPS) is 11.1. The van der Waals surface area contributed by atoms with Gasteiger partial charge in [-0.1, -0.05) is 0 Å². The molecule has 0 amide bonds. The molecule has 1 aromatic heterocycles. The molecule has 2 aromatic carbocycles. The molecule has 0 saturated heterocycles. The number of rotatable bonds is 3. The number of hydrogen-bond donors (Lipinski definition) is 1. The van der Waals surface area contributed by atoms with Crippen LogP contribution in [-0.2, 0) is 6.18 Å². The van der Waals surface area contributed by atoms with E-state index >= 15 is 0 Å². The van der Waals surface area contributed by atoms with Crippen molar-refractivity contribution in [3.8, 4) is 28.5 Å². The van der Waals surface area contributed by atoms with Crippen LogP contribution in [0.4, 0.5) is 23.2 Å². The van der Waals surface area contributed by atoms with Gasteiger partial charge in [-0.05, 0) is 42.0 Å². The second kappa shape index (κ2) is 7.20. The van der Waals surface area contributed by atoms with Crippen LogP contribution in [0.15, 0.2) is 53.3 Å². The van der Waals surface area contributed by atoms with Gasteiger partial charge in [0.25, 0.3) is 11.2 Å². The molecule has 0 saturated carbocycles. The van der Waals surface area contributed by atoms with Crippen molar-refractivity contribution in [2.75, 3.05) is 0 Å². The number of pyridine rings is 1. The lowest BCUT2D eigenvalue weighted by molar-refractivity contribution is -0.384. The number of H-pyrrole nitrogens is 1. The first-order valence-corrected chi connectivity index (χ1v) is 7.91. The highest BCUT2D eigenvalue weighted by atomic mass is 19.4. The van der Waals surface area contributed by atoms with E-state index in [0.717, 1.165) is 18.2 Å². The molecule has 6 nitrogen and oxygen atoms in total. The number of halogens is 4. The summed E-state index contributed by atoms with van der Waals surface area (Å²) in [4.78, 5) is 24.8. The summed E-state index contributed by atoms with van der Waals surface area (Å²) >= 11 is 0. The Hall–Kier alpha value is -4.00. The molecule has 0 atom stereocenters. The van der Waals surface area contributed by atoms with Gasteiger partial charge in [0.05, 0.1) is 10.5 Å². The summed E-state index contributed by atoms with van der Waals surface area (Å²) in [6.45, 7) is 0. The lowest BCUT2D eigenvalue weighted by Gasteiger charge is -2.12. The summed E-state index contributed by atoms with van der Waals surface area (Å²) in [6, 6.07) is 9.34. The molecule has 0 spiro atoms. The van der Waals surface area contributed by atoms with E-state index in [2.05, 4.69) is 4.98 Å². The van der Waals surface area contributed by atoms with Crippen LogP contribution < -0.4 is 5.56 Å². The van der Waals surface area contributed by atoms with Gasteiger partial charge in [-0.3, -0.25) is 14.9 Å². The second-order valence-electron chi connectivity index (χ2n) is 5.91. The van der Waals surface area contributed by atoms with E-state index in [1.54, 1.807) is 6.07 Å². The Morgan fingerprint density at radius 3 is 2.24 bits per heavy atom. The van der Waals surface area contributed by atoms with Crippen molar-refractivity contribution in [3.63, 3.8) is 0 Å². The number of nitro groups is 1. The van der Waals surface area contributed by atoms with E-state index in [9.17, 15) is 37.7 Å². The number of nitriles is 1. The molecule has 0 aliphatic rings. The molecule has 0 fully saturated rings. The summed E-state index contributed by atoms with van der Waals surface area (Å²) in [5, 5.41) is 20.0. The Morgan fingerprint density at radius 2 is 1.69 bits per heavy atom. The van der Waals surface area contributed by atoms with Crippen LogP contribution in [0, 0.1) is 27.3 Å². The molecule has 10 heteroatoms. The number of hydrogen-bond acceptors (Lipinski definition) is 4. The highest BCUT2D eigenvalue weighted by Crippen LogP contribution is 2.35. The maximum atomic E-state index is 14.3. The maximum absolute atomic E-state index is 14.3. The molecular weight excluding hydrogens is 394 g/mol. The molecule has 1 N–H and O–H groups in total. The molecule has 0 radical (unpaired) electrons. The molecule has 146 valence electrons. The highest BCUT2D eigenvalue weighted by Gasteiger charge is 2.31. The number of nitrogens with zero attached hydrogens (tertiary/aromatic N) is 2. The van der Waals surface area contributed by atoms with Gasteiger partial charge in [-0.25, -0.2) is 4.39 Å². The van der Waals surface area contributed by atoms with Crippen molar-refractivity contribution < 1.29 is 22.5 Å². The molecule has 0 aliphatic heterocycles. The molecule has 3 aromatic rings. The second-order valence-corrected chi connectivity index (χ2v) is 5.91. The minimum absolute atomic E-state index is 0.0516. The SMILES string of the molecule is N#Cc1c(-c2cc(C(F)(F)F)ccc2F)cc(-c2ccc([N+](=O)[O-])cc2)[nH]c1=O. The number of nitrogens with one attached hydrogen (secondary N) is 1. The fourth-order valence-corrected chi connectivity index (χ4v) is 2.71. The smallest absolute Gasteiger partial charge is 0.321 e. The quantitative estimate of drug-likeness (QED) is 0.391. The zero-order valence-corrected chi connectivity index (χ0v) is 14.2. The molecule has 29 heavy (non-hydrogen) atoms. The Labute approximate surface area is 159 Å². The predicted octanol–water partition coefficient (Wildman–Crippen LogP) is 4.65. The van der Waals surface area contributed by atoms with Crippen LogP contribution in [0.25, 0.3) is 22.4 Å². The third-order valence-corrected chi connectivity index (χ3v) is 4.12. The minimum Gasteiger partial charge on any atom is -0.321 e. The zero-order valence-electron chi connectivity index (χ0n) is 14.2. The average molecular weight is 403 g/mol. The lowest BCUT2D eigenvalue weighted by Crippen LogP contribution is -2.13. The average Bonchev–Trinajstić information content (AvgIpc) is 2.67. The number of benzene rings is 2. The summed E-state index contributed by atoms with van der Waals surface area (Å²) in [5.41, 5.74) is -3.41. The first-order chi connectivity index (χ1) is 13.6. The summed E-state index contributed by atoms with van der Waals surface area (Å²) < 4.78 is 53.3. The van der Waals surface area contributed by atoms with Crippen LogP contribution in [-0.4, -0.2) is 9.91 Å². The molecule has 1 heterocycles. The van der Waals surface area contributed by atoms with Gasteiger partial charge >= 0.3 is 6.18 Å². The van der Waals surface area contributed by atoms with Crippen LogP contribution in [0.2, 0.25) is 0 Å². The summed E-state index contributed by atoms with van der Waals surface area (Å²) in [5.74, 6) is -1.05. The van der Waals surface area contributed by atoms with Gasteiger partial charge in [0.2, 0.25) is 0 Å². The molecule has 0 bridgehead atoms. The van der Waals surface area contributed by atoms with Crippen LogP contribution in [0.1, 0.15) is 11.1 Å². The third-order valence-electron chi connectivity index (χ3n) is 4.12. The standard InChI is InChI=1S/C19H9F4N3O3/c20-16-6-3-11(19(21,22)23)7-14(16)13-8-17(25-18(27)15(13)9-24)10-1-4-12(5-2-10)26(28)29/h1-8H,(H,25,27). The van der Waals surface area contributed by atoms with E-state index in [-0.39, 0.29) is 22.5 Å². The monoisotopic (exact) mass is 403 g/mol. The van der Waals surface area contributed by atoms with Crippen molar-refractivity contribution in [1.82, 2.24) is 4.98 Å². The van der Waals surface area contributed by atoms with Crippen molar-refractivity contribution >= 4 is 5.69 Å². The Balaban J connectivity index is 2.24. The fourth-order valence-electron chi connectivity index (χ4n) is 2.71. The molecule has 3 rings (SSSR count). The number of alkyl halides is 3. The highest BCUT2D eigenvalue weighted by molar-refractivity contribution is 5.76. The van der Waals surface area contributed by atoms with E-state index in [1.807, 2.05) is 0 Å². The Bertz CT molecular complexity index is 1210. The number of aromatic amines is 1. The fraction of sp³-hybridized carbons (Fsp3) is 0.0526. The van der Waals surface area contributed by atoms with Crippen LogP contribution >= 0.6 is 0 Å². The van der Waals surface area contributed by atoms with Gasteiger partial charge in [0.15, 0.2) is 0 Å². The van der Waals surface area contributed by atoms with E-state index in [1.165, 1.54) is 12.1 Å². The predicted molar refractivity (Wildman–Crippen MR) is 94.3 cm³/mol. The summed E-state index contributed by atoms with van der Waals surface area (Å²) in [6.07, 6.45) is -4.75. The third kappa shape index (κ3) is 3.84. The first-order valence-electron chi connectivity index (χ1n) is 7.91. The van der Waals surface area contributed by atoms with Crippen molar-refractivity contribution in [3.05, 3.63) is 85.9 Å². The molecule has 0 aliphatic carbocycles. The Morgan fingerprint density at radius 1 is 1.03 bits per heavy atom. The van der Waals surface area contributed by atoms with E-state index < -0.39 is 39.2 Å². The van der Waals surface area contributed by atoms with Crippen molar-refractivity contribution in [2.24, 2.45) is 0 Å². The van der Waals surface area contributed by atoms with E-state index in [4.69, 9.17) is 0 Å². The van der Waals surface area contributed by atoms with Gasteiger partial charge in [0.1, 0.15) is 17.4 Å². The van der Waals surface area contributed by atoms with Crippen LogP contribution in [0.5, 0.6) is 0 Å². The Kier molecular flexibility index (Phi) is 4.90. The van der Waals surface area contributed by atoms with Crippen LogP contribution in [0.3, 0.4) is 0 Å². The van der Waals surface area contributed by atoms with Gasteiger partial charge < -0.3 is 4.98 Å². The largest absolute Gasteiger partial charge is 0.416 e. The van der Waals surface area contributed by atoms with Crippen molar-refractivity contribution in [1.29, 1.82) is 5.26 Å². The van der Waals surface area contributed by atoms with Gasteiger partial charge in [-0.2, -0.15) is 18.4 Å². The maximum Gasteiger partial charge on any atom is 0.416 e. The zero-order chi connectivity index (χ0) is 21.3.